The fraction of sp³-hybridized carbons (Fsp3) is 0.200. The maximum atomic E-state index is 12.2. The minimum Gasteiger partial charge on any atom is -0.349 e. The second-order valence-corrected chi connectivity index (χ2v) is 1.95. The zero-order chi connectivity index (χ0) is 6.15. The zero-order valence-electron chi connectivity index (χ0n) is 4.33. The average Bonchev–Trinajstić information content (AvgIpc) is 1.98. The first kappa shape index (κ1) is 5.63. The molecule has 3 heteroatoms. The van der Waals surface area contributed by atoms with Crippen LogP contribution in [0.3, 0.4) is 0 Å². The van der Waals surface area contributed by atoms with Gasteiger partial charge in [0.1, 0.15) is 11.0 Å². The third kappa shape index (κ3) is 0.713. The van der Waals surface area contributed by atoms with Gasteiger partial charge in [-0.2, -0.15) is 0 Å². The first-order valence-corrected chi connectivity index (χ1v) is 2.58. The molecule has 0 aliphatic carbocycles. The second-order valence-electron chi connectivity index (χ2n) is 1.58. The summed E-state index contributed by atoms with van der Waals surface area (Å²) in [7, 11) is 0. The molecule has 8 heavy (non-hydrogen) atoms. The Morgan fingerprint density at radius 3 is 2.50 bits per heavy atom. The Balaban J connectivity index is 3.19. The van der Waals surface area contributed by atoms with Crippen molar-refractivity contribution in [1.29, 1.82) is 0 Å². The van der Waals surface area contributed by atoms with Crippen molar-refractivity contribution in [3.8, 4) is 0 Å². The van der Waals surface area contributed by atoms with E-state index in [1.165, 1.54) is 6.20 Å². The Hall–Kier alpha value is -0.500. The van der Waals surface area contributed by atoms with Crippen molar-refractivity contribution in [3.63, 3.8) is 0 Å². The fourth-order valence-corrected chi connectivity index (χ4v) is 0.593. The number of hydrogen-bond acceptors (Lipinski definition) is 0. The van der Waals surface area contributed by atoms with E-state index < -0.39 is 0 Å². The summed E-state index contributed by atoms with van der Waals surface area (Å²) in [6.07, 6.45) is 1.23. The number of aromatic amines is 1. The summed E-state index contributed by atoms with van der Waals surface area (Å²) in [6, 6.07) is 0. The van der Waals surface area contributed by atoms with E-state index in [0.717, 1.165) is 0 Å². The van der Waals surface area contributed by atoms with Crippen LogP contribution in [0.2, 0.25) is 5.15 Å². The Morgan fingerprint density at radius 1 is 1.75 bits per heavy atom. The van der Waals surface area contributed by atoms with Gasteiger partial charge in [-0.25, -0.2) is 4.39 Å². The number of nitrogens with one attached hydrogen (secondary N) is 1. The molecule has 1 rings (SSSR count). The van der Waals surface area contributed by atoms with Crippen molar-refractivity contribution in [1.82, 2.24) is 4.98 Å². The first-order chi connectivity index (χ1) is 3.72. The van der Waals surface area contributed by atoms with Crippen LogP contribution < -0.4 is 0 Å². The van der Waals surface area contributed by atoms with E-state index >= 15 is 0 Å². The van der Waals surface area contributed by atoms with E-state index in [2.05, 4.69) is 4.98 Å². The summed E-state index contributed by atoms with van der Waals surface area (Å²) in [5.41, 5.74) is 0.478. The van der Waals surface area contributed by atoms with E-state index in [4.69, 9.17) is 11.6 Å². The predicted molar refractivity (Wildman–Crippen MR) is 30.5 cm³/mol. The third-order valence-electron chi connectivity index (χ3n) is 1.01. The number of H-pyrrole nitrogens is 1. The number of rotatable bonds is 0. The summed E-state index contributed by atoms with van der Waals surface area (Å²) in [5, 5.41) is 0.377. The van der Waals surface area contributed by atoms with Crippen molar-refractivity contribution >= 4 is 11.6 Å². The maximum Gasteiger partial charge on any atom is 0.145 e. The highest BCUT2D eigenvalue weighted by molar-refractivity contribution is 6.30. The molecular formula is C5H5ClFN. The van der Waals surface area contributed by atoms with Gasteiger partial charge in [0.2, 0.25) is 0 Å². The van der Waals surface area contributed by atoms with Gasteiger partial charge in [0, 0.05) is 11.8 Å². The third-order valence-corrected chi connectivity index (χ3v) is 1.41. The fourth-order valence-electron chi connectivity index (χ4n) is 0.448. The molecule has 0 atom stereocenters. The molecule has 0 spiro atoms. The summed E-state index contributed by atoms with van der Waals surface area (Å²) in [6.45, 7) is 1.62. The van der Waals surface area contributed by atoms with Gasteiger partial charge in [0.05, 0.1) is 0 Å². The molecule has 0 aromatic carbocycles. The molecule has 0 fully saturated rings. The largest absolute Gasteiger partial charge is 0.349 e. The molecule has 0 aliphatic heterocycles. The van der Waals surface area contributed by atoms with E-state index in [1.54, 1.807) is 6.92 Å². The first-order valence-electron chi connectivity index (χ1n) is 2.21. The van der Waals surface area contributed by atoms with Crippen LogP contribution in [0.5, 0.6) is 0 Å². The lowest BCUT2D eigenvalue weighted by molar-refractivity contribution is 0.621. The molecule has 1 nitrogen and oxygen atoms in total. The monoisotopic (exact) mass is 133 g/mol. The van der Waals surface area contributed by atoms with Crippen molar-refractivity contribution in [2.45, 2.75) is 6.92 Å². The normalized spacial score (nSPS) is 9.88. The lowest BCUT2D eigenvalue weighted by Crippen LogP contribution is -1.68. The van der Waals surface area contributed by atoms with Gasteiger partial charge in [-0.15, -0.1) is 0 Å². The molecule has 0 radical (unpaired) electrons. The number of halogens is 2. The average molecular weight is 134 g/mol. The SMILES string of the molecule is Cc1c(F)c[nH]c1Cl. The van der Waals surface area contributed by atoms with Gasteiger partial charge in [0.15, 0.2) is 0 Å². The number of aromatic nitrogens is 1. The van der Waals surface area contributed by atoms with E-state index in [-0.39, 0.29) is 5.82 Å². The van der Waals surface area contributed by atoms with Gasteiger partial charge in [-0.05, 0) is 6.92 Å². The van der Waals surface area contributed by atoms with Crippen molar-refractivity contribution in [3.05, 3.63) is 22.7 Å². The Kier molecular flexibility index (Phi) is 1.26. The van der Waals surface area contributed by atoms with Crippen LogP contribution >= 0.6 is 11.6 Å². The maximum absolute atomic E-state index is 12.2. The smallest absolute Gasteiger partial charge is 0.145 e. The highest BCUT2D eigenvalue weighted by Gasteiger charge is 2.00. The molecule has 1 aromatic rings. The van der Waals surface area contributed by atoms with E-state index in [9.17, 15) is 4.39 Å². The molecular weight excluding hydrogens is 129 g/mol. The molecule has 0 saturated carbocycles. The van der Waals surface area contributed by atoms with Crippen LogP contribution in [0.15, 0.2) is 6.20 Å². The highest BCUT2D eigenvalue weighted by atomic mass is 35.5. The Labute approximate surface area is 51.5 Å². The van der Waals surface area contributed by atoms with Crippen molar-refractivity contribution < 1.29 is 4.39 Å². The van der Waals surface area contributed by atoms with Crippen molar-refractivity contribution in [2.75, 3.05) is 0 Å². The van der Waals surface area contributed by atoms with Gasteiger partial charge in [0.25, 0.3) is 0 Å². The van der Waals surface area contributed by atoms with Gasteiger partial charge in [-0.1, -0.05) is 11.6 Å². The molecule has 0 bridgehead atoms. The highest BCUT2D eigenvalue weighted by Crippen LogP contribution is 2.14. The minimum atomic E-state index is -0.282. The standard InChI is InChI=1S/C5H5ClFN/c1-3-4(7)2-8-5(3)6/h2,8H,1H3. The molecule has 0 amide bonds. The lowest BCUT2D eigenvalue weighted by atomic mass is 10.4. The van der Waals surface area contributed by atoms with E-state index in [0.29, 0.717) is 10.7 Å². The Morgan fingerprint density at radius 2 is 2.38 bits per heavy atom. The van der Waals surface area contributed by atoms with Crippen LogP contribution in [-0.4, -0.2) is 4.98 Å². The summed E-state index contributed by atoms with van der Waals surface area (Å²) < 4.78 is 12.2. The zero-order valence-corrected chi connectivity index (χ0v) is 5.09. The van der Waals surface area contributed by atoms with Crippen LogP contribution in [-0.2, 0) is 0 Å². The lowest BCUT2D eigenvalue weighted by Gasteiger charge is -1.81. The second kappa shape index (κ2) is 1.78. The molecule has 1 N–H and O–H groups in total. The quantitative estimate of drug-likeness (QED) is 0.558. The molecule has 1 heterocycles. The molecule has 0 unspecified atom stereocenters. The molecule has 44 valence electrons. The van der Waals surface area contributed by atoms with Crippen LogP contribution in [0.4, 0.5) is 4.39 Å². The van der Waals surface area contributed by atoms with Gasteiger partial charge in [-0.3, -0.25) is 0 Å². The molecule has 0 saturated heterocycles. The Bertz CT molecular complexity index is 175. The van der Waals surface area contributed by atoms with Crippen LogP contribution in [0.1, 0.15) is 5.56 Å². The predicted octanol–water partition coefficient (Wildman–Crippen LogP) is 2.12. The van der Waals surface area contributed by atoms with Gasteiger partial charge < -0.3 is 4.98 Å². The minimum absolute atomic E-state index is 0.282. The summed E-state index contributed by atoms with van der Waals surface area (Å²) in [5.74, 6) is -0.282. The summed E-state index contributed by atoms with van der Waals surface area (Å²) in [4.78, 5) is 2.53. The van der Waals surface area contributed by atoms with Crippen LogP contribution in [0, 0.1) is 12.7 Å². The topological polar surface area (TPSA) is 15.8 Å². The van der Waals surface area contributed by atoms with E-state index in [1.807, 2.05) is 0 Å². The number of hydrogen-bond donors (Lipinski definition) is 1. The van der Waals surface area contributed by atoms with Crippen molar-refractivity contribution in [2.24, 2.45) is 0 Å². The molecule has 0 aliphatic rings. The van der Waals surface area contributed by atoms with Gasteiger partial charge >= 0.3 is 0 Å². The summed E-state index contributed by atoms with van der Waals surface area (Å²) >= 11 is 5.43. The van der Waals surface area contributed by atoms with Crippen LogP contribution in [0.25, 0.3) is 0 Å². The molecule has 1 aromatic heterocycles.